The number of hydrogen-bond donors (Lipinski definition) is 2. The summed E-state index contributed by atoms with van der Waals surface area (Å²) >= 11 is 0. The summed E-state index contributed by atoms with van der Waals surface area (Å²) in [6.45, 7) is 3.05. The quantitative estimate of drug-likeness (QED) is 0.905. The molecule has 0 aliphatic heterocycles. The molecule has 0 bridgehead atoms. The summed E-state index contributed by atoms with van der Waals surface area (Å²) in [6.07, 6.45) is 0. The Hall–Kier alpha value is -2.33. The van der Waals surface area contributed by atoms with Crippen LogP contribution < -0.4 is 11.1 Å². The fraction of sp³-hybridized carbons (Fsp3) is 0.235. The van der Waals surface area contributed by atoms with Crippen LogP contribution in [-0.2, 0) is 13.1 Å². The van der Waals surface area contributed by atoms with Crippen molar-refractivity contribution in [3.63, 3.8) is 0 Å². The van der Waals surface area contributed by atoms with E-state index in [4.69, 9.17) is 5.73 Å². The van der Waals surface area contributed by atoms with Gasteiger partial charge in [0.05, 0.1) is 0 Å². The van der Waals surface area contributed by atoms with Gasteiger partial charge in [-0.3, -0.25) is 0 Å². The smallest absolute Gasteiger partial charge is 0.321 e. The lowest BCUT2D eigenvalue weighted by molar-refractivity contribution is 0.220. The molecule has 21 heavy (non-hydrogen) atoms. The van der Waals surface area contributed by atoms with E-state index in [1.54, 1.807) is 11.9 Å². The first-order valence-corrected chi connectivity index (χ1v) is 6.95. The number of nitrogens with zero attached hydrogens (tertiary/aromatic N) is 1. The average Bonchev–Trinajstić information content (AvgIpc) is 2.47. The van der Waals surface area contributed by atoms with Crippen molar-refractivity contribution >= 4 is 11.7 Å². The van der Waals surface area contributed by atoms with Crippen LogP contribution in [0.4, 0.5) is 10.5 Å². The van der Waals surface area contributed by atoms with Gasteiger partial charge in [0.1, 0.15) is 0 Å². The van der Waals surface area contributed by atoms with Crippen LogP contribution >= 0.6 is 0 Å². The van der Waals surface area contributed by atoms with Crippen molar-refractivity contribution in [1.29, 1.82) is 0 Å². The van der Waals surface area contributed by atoms with E-state index in [0.29, 0.717) is 13.1 Å². The largest absolute Gasteiger partial charge is 0.326 e. The summed E-state index contributed by atoms with van der Waals surface area (Å²) in [5.74, 6) is 0. The van der Waals surface area contributed by atoms with Crippen molar-refractivity contribution in [2.75, 3.05) is 12.4 Å². The van der Waals surface area contributed by atoms with Crippen molar-refractivity contribution in [1.82, 2.24) is 4.90 Å². The topological polar surface area (TPSA) is 58.4 Å². The van der Waals surface area contributed by atoms with Crippen LogP contribution in [0.5, 0.6) is 0 Å². The summed E-state index contributed by atoms with van der Waals surface area (Å²) in [7, 11) is 1.78. The number of urea groups is 1. The third-order valence-electron chi connectivity index (χ3n) is 3.26. The zero-order chi connectivity index (χ0) is 15.2. The van der Waals surface area contributed by atoms with E-state index in [9.17, 15) is 4.79 Å². The predicted molar refractivity (Wildman–Crippen MR) is 86.0 cm³/mol. The van der Waals surface area contributed by atoms with E-state index >= 15 is 0 Å². The number of nitrogens with one attached hydrogen (secondary N) is 1. The molecule has 2 aromatic rings. The number of benzene rings is 2. The molecule has 3 N–H and O–H groups in total. The maximum atomic E-state index is 12.2. The maximum absolute atomic E-state index is 12.2. The fourth-order valence-corrected chi connectivity index (χ4v) is 2.14. The molecule has 0 spiro atoms. The number of aryl methyl sites for hydroxylation is 1. The van der Waals surface area contributed by atoms with Gasteiger partial charge in [-0.2, -0.15) is 0 Å². The first-order valence-electron chi connectivity index (χ1n) is 6.95. The molecule has 0 aliphatic rings. The predicted octanol–water partition coefficient (Wildman–Crippen LogP) is 3.12. The number of carbonyl (C=O) groups excluding carboxylic acids is 1. The van der Waals surface area contributed by atoms with E-state index in [0.717, 1.165) is 22.4 Å². The van der Waals surface area contributed by atoms with Gasteiger partial charge in [0.2, 0.25) is 0 Å². The Bertz CT molecular complexity index is 625. The van der Waals surface area contributed by atoms with E-state index in [1.165, 1.54) is 0 Å². The standard InChI is InChI=1S/C17H21N3O/c1-13-5-3-8-16(9-13)19-17(21)20(2)12-15-7-4-6-14(10-15)11-18/h3-10H,11-12,18H2,1-2H3,(H,19,21). The van der Waals surface area contributed by atoms with Crippen LogP contribution in [0.15, 0.2) is 48.5 Å². The molecule has 0 aromatic heterocycles. The first-order chi connectivity index (χ1) is 10.1. The summed E-state index contributed by atoms with van der Waals surface area (Å²) < 4.78 is 0. The Labute approximate surface area is 125 Å². The van der Waals surface area contributed by atoms with Crippen molar-refractivity contribution in [2.24, 2.45) is 5.73 Å². The molecule has 2 aromatic carbocycles. The molecule has 2 rings (SSSR count). The Kier molecular flexibility index (Phi) is 4.95. The fourth-order valence-electron chi connectivity index (χ4n) is 2.14. The maximum Gasteiger partial charge on any atom is 0.321 e. The van der Waals surface area contributed by atoms with E-state index in [1.807, 2.05) is 55.5 Å². The second-order valence-electron chi connectivity index (χ2n) is 5.18. The van der Waals surface area contributed by atoms with Gasteiger partial charge in [0, 0.05) is 25.8 Å². The van der Waals surface area contributed by atoms with Gasteiger partial charge >= 0.3 is 6.03 Å². The number of anilines is 1. The van der Waals surface area contributed by atoms with Crippen LogP contribution in [0, 0.1) is 6.92 Å². The Balaban J connectivity index is 1.99. The molecule has 4 heteroatoms. The van der Waals surface area contributed by atoms with Crippen molar-refractivity contribution in [3.05, 3.63) is 65.2 Å². The lowest BCUT2D eigenvalue weighted by atomic mass is 10.1. The number of nitrogens with two attached hydrogens (primary N) is 1. The van der Waals surface area contributed by atoms with Crippen molar-refractivity contribution < 1.29 is 4.79 Å². The number of rotatable bonds is 4. The summed E-state index contributed by atoms with van der Waals surface area (Å²) in [5.41, 5.74) is 9.70. The molecule has 0 fully saturated rings. The number of amides is 2. The second kappa shape index (κ2) is 6.90. The summed E-state index contributed by atoms with van der Waals surface area (Å²) in [5, 5.41) is 2.89. The minimum Gasteiger partial charge on any atom is -0.326 e. The molecule has 4 nitrogen and oxygen atoms in total. The number of carbonyl (C=O) groups is 1. The van der Waals surface area contributed by atoms with Gasteiger partial charge in [0.15, 0.2) is 0 Å². The van der Waals surface area contributed by atoms with Crippen molar-refractivity contribution in [3.8, 4) is 0 Å². The molecule has 0 saturated carbocycles. The monoisotopic (exact) mass is 283 g/mol. The van der Waals surface area contributed by atoms with Crippen LogP contribution in [0.25, 0.3) is 0 Å². The van der Waals surface area contributed by atoms with E-state index < -0.39 is 0 Å². The Morgan fingerprint density at radius 2 is 1.86 bits per heavy atom. The Morgan fingerprint density at radius 1 is 1.14 bits per heavy atom. The lowest BCUT2D eigenvalue weighted by Gasteiger charge is -2.18. The van der Waals surface area contributed by atoms with Gasteiger partial charge in [0.25, 0.3) is 0 Å². The Morgan fingerprint density at radius 3 is 2.57 bits per heavy atom. The van der Waals surface area contributed by atoms with Crippen LogP contribution in [0.2, 0.25) is 0 Å². The number of hydrogen-bond acceptors (Lipinski definition) is 2. The molecular weight excluding hydrogens is 262 g/mol. The lowest BCUT2D eigenvalue weighted by Crippen LogP contribution is -2.30. The summed E-state index contributed by atoms with van der Waals surface area (Å²) in [6, 6.07) is 15.6. The zero-order valence-corrected chi connectivity index (χ0v) is 12.5. The van der Waals surface area contributed by atoms with E-state index in [2.05, 4.69) is 5.32 Å². The summed E-state index contributed by atoms with van der Waals surface area (Å²) in [4.78, 5) is 13.8. The van der Waals surface area contributed by atoms with Gasteiger partial charge in [-0.05, 0) is 35.7 Å². The first kappa shape index (κ1) is 15.1. The highest BCUT2D eigenvalue weighted by molar-refractivity contribution is 5.89. The SMILES string of the molecule is Cc1cccc(NC(=O)N(C)Cc2cccc(CN)c2)c1. The van der Waals surface area contributed by atoms with Gasteiger partial charge < -0.3 is 16.0 Å². The van der Waals surface area contributed by atoms with Crippen LogP contribution in [-0.4, -0.2) is 18.0 Å². The van der Waals surface area contributed by atoms with Crippen LogP contribution in [0.1, 0.15) is 16.7 Å². The highest BCUT2D eigenvalue weighted by Gasteiger charge is 2.09. The minimum atomic E-state index is -0.126. The highest BCUT2D eigenvalue weighted by Crippen LogP contribution is 2.12. The average molecular weight is 283 g/mol. The normalized spacial score (nSPS) is 10.2. The molecule has 0 aliphatic carbocycles. The van der Waals surface area contributed by atoms with Gasteiger partial charge in [-0.1, -0.05) is 36.4 Å². The second-order valence-corrected chi connectivity index (χ2v) is 5.18. The molecular formula is C17H21N3O. The van der Waals surface area contributed by atoms with Crippen LogP contribution in [0.3, 0.4) is 0 Å². The van der Waals surface area contributed by atoms with Gasteiger partial charge in [-0.15, -0.1) is 0 Å². The zero-order valence-electron chi connectivity index (χ0n) is 12.5. The molecule has 0 heterocycles. The van der Waals surface area contributed by atoms with Crippen molar-refractivity contribution in [2.45, 2.75) is 20.0 Å². The molecule has 0 saturated heterocycles. The third kappa shape index (κ3) is 4.33. The third-order valence-corrected chi connectivity index (χ3v) is 3.26. The molecule has 0 unspecified atom stereocenters. The molecule has 2 amide bonds. The highest BCUT2D eigenvalue weighted by atomic mass is 16.2. The molecule has 0 radical (unpaired) electrons. The van der Waals surface area contributed by atoms with Gasteiger partial charge in [-0.25, -0.2) is 4.79 Å². The minimum absolute atomic E-state index is 0.126. The van der Waals surface area contributed by atoms with E-state index in [-0.39, 0.29) is 6.03 Å². The molecule has 0 atom stereocenters. The molecule has 110 valence electrons.